The molecular weight excluding hydrogens is 320 g/mol. The van der Waals surface area contributed by atoms with Crippen molar-refractivity contribution >= 4 is 11.6 Å². The van der Waals surface area contributed by atoms with Crippen LogP contribution in [0.2, 0.25) is 5.02 Å². The summed E-state index contributed by atoms with van der Waals surface area (Å²) in [6.45, 7) is 5.67. The number of halogens is 1. The van der Waals surface area contributed by atoms with Gasteiger partial charge in [-0.15, -0.1) is 0 Å². The Hall–Kier alpha value is -1.55. The van der Waals surface area contributed by atoms with Gasteiger partial charge in [-0.25, -0.2) is 0 Å². The van der Waals surface area contributed by atoms with Gasteiger partial charge in [-0.05, 0) is 50.2 Å². The standard InChI is InChI=1S/C20H23ClN2O/c1-2-23-11-5-6-15(13-23)22-20-16-7-3-4-8-18(16)24-19-10-9-14(21)12-17(19)20/h3-4,7-10,12,15,20,22H,2,5-6,11,13H2,1H3. The van der Waals surface area contributed by atoms with Crippen molar-refractivity contribution in [1.29, 1.82) is 0 Å². The Bertz CT molecular complexity index is 733. The lowest BCUT2D eigenvalue weighted by Gasteiger charge is -2.37. The molecule has 0 amide bonds. The van der Waals surface area contributed by atoms with Gasteiger partial charge in [-0.3, -0.25) is 0 Å². The molecule has 4 rings (SSSR count). The third-order valence-electron chi connectivity index (χ3n) is 5.09. The summed E-state index contributed by atoms with van der Waals surface area (Å²) in [5.41, 5.74) is 2.33. The van der Waals surface area contributed by atoms with E-state index < -0.39 is 0 Å². The van der Waals surface area contributed by atoms with Crippen LogP contribution >= 0.6 is 11.6 Å². The molecule has 2 aromatic carbocycles. The molecule has 0 spiro atoms. The zero-order chi connectivity index (χ0) is 16.5. The molecule has 2 aliphatic rings. The number of piperidine rings is 1. The minimum Gasteiger partial charge on any atom is -0.457 e. The van der Waals surface area contributed by atoms with Crippen molar-refractivity contribution in [1.82, 2.24) is 10.2 Å². The molecule has 0 aromatic heterocycles. The first-order valence-corrected chi connectivity index (χ1v) is 9.17. The first kappa shape index (κ1) is 15.9. The number of hydrogen-bond acceptors (Lipinski definition) is 3. The number of nitrogens with one attached hydrogen (secondary N) is 1. The number of para-hydroxylation sites is 1. The van der Waals surface area contributed by atoms with E-state index in [4.69, 9.17) is 16.3 Å². The third kappa shape index (κ3) is 3.04. The predicted octanol–water partition coefficient (Wildman–Crippen LogP) is 4.61. The van der Waals surface area contributed by atoms with Gasteiger partial charge in [0.15, 0.2) is 0 Å². The fraction of sp³-hybridized carbons (Fsp3) is 0.400. The van der Waals surface area contributed by atoms with Crippen LogP contribution < -0.4 is 10.1 Å². The summed E-state index contributed by atoms with van der Waals surface area (Å²) in [5, 5.41) is 4.63. The maximum Gasteiger partial charge on any atom is 0.132 e. The normalized spacial score (nSPS) is 23.2. The number of rotatable bonds is 3. The Morgan fingerprint density at radius 3 is 2.88 bits per heavy atom. The molecule has 2 heterocycles. The van der Waals surface area contributed by atoms with Crippen molar-refractivity contribution in [3.8, 4) is 11.5 Å². The Labute approximate surface area is 148 Å². The molecule has 2 unspecified atom stereocenters. The number of nitrogens with zero attached hydrogens (tertiary/aromatic N) is 1. The van der Waals surface area contributed by atoms with Gasteiger partial charge in [-0.1, -0.05) is 36.7 Å². The van der Waals surface area contributed by atoms with Crippen LogP contribution in [0.5, 0.6) is 11.5 Å². The van der Waals surface area contributed by atoms with Crippen LogP contribution in [0, 0.1) is 0 Å². The zero-order valence-corrected chi connectivity index (χ0v) is 14.7. The summed E-state index contributed by atoms with van der Waals surface area (Å²) >= 11 is 6.27. The molecular formula is C20H23ClN2O. The molecule has 3 nitrogen and oxygen atoms in total. The largest absolute Gasteiger partial charge is 0.457 e. The Kier molecular flexibility index (Phi) is 4.49. The summed E-state index contributed by atoms with van der Waals surface area (Å²) in [7, 11) is 0. The molecule has 24 heavy (non-hydrogen) atoms. The number of likely N-dealkylation sites (tertiary alicyclic amines) is 1. The van der Waals surface area contributed by atoms with Crippen molar-refractivity contribution in [2.24, 2.45) is 0 Å². The van der Waals surface area contributed by atoms with E-state index in [2.05, 4.69) is 29.3 Å². The van der Waals surface area contributed by atoms with Crippen molar-refractivity contribution in [3.63, 3.8) is 0 Å². The van der Waals surface area contributed by atoms with E-state index in [0.717, 1.165) is 35.2 Å². The highest BCUT2D eigenvalue weighted by Gasteiger charge is 2.30. The van der Waals surface area contributed by atoms with Gasteiger partial charge in [0.1, 0.15) is 11.5 Å². The second kappa shape index (κ2) is 6.75. The van der Waals surface area contributed by atoms with Crippen LogP contribution in [0.4, 0.5) is 0 Å². The van der Waals surface area contributed by atoms with E-state index in [-0.39, 0.29) is 6.04 Å². The predicted molar refractivity (Wildman–Crippen MR) is 98.1 cm³/mol. The first-order chi connectivity index (χ1) is 11.7. The van der Waals surface area contributed by atoms with Gasteiger partial charge in [0.25, 0.3) is 0 Å². The maximum atomic E-state index is 6.27. The lowest BCUT2D eigenvalue weighted by molar-refractivity contribution is 0.192. The quantitative estimate of drug-likeness (QED) is 0.881. The monoisotopic (exact) mass is 342 g/mol. The topological polar surface area (TPSA) is 24.5 Å². The number of fused-ring (bicyclic) bond motifs is 2. The van der Waals surface area contributed by atoms with E-state index in [1.54, 1.807) is 0 Å². The minimum atomic E-state index is 0.130. The fourth-order valence-corrected chi connectivity index (χ4v) is 4.01. The smallest absolute Gasteiger partial charge is 0.132 e. The molecule has 0 bridgehead atoms. The average Bonchev–Trinajstić information content (AvgIpc) is 2.62. The second-order valence-corrected chi connectivity index (χ2v) is 7.09. The third-order valence-corrected chi connectivity index (χ3v) is 5.32. The molecule has 0 saturated carbocycles. The van der Waals surface area contributed by atoms with Crippen LogP contribution in [0.25, 0.3) is 0 Å². The Balaban J connectivity index is 1.67. The maximum absolute atomic E-state index is 6.27. The van der Waals surface area contributed by atoms with E-state index in [1.165, 1.54) is 24.9 Å². The highest BCUT2D eigenvalue weighted by Crippen LogP contribution is 2.44. The second-order valence-electron chi connectivity index (χ2n) is 6.65. The lowest BCUT2D eigenvalue weighted by atomic mass is 9.92. The summed E-state index contributed by atoms with van der Waals surface area (Å²) in [5.74, 6) is 1.84. The van der Waals surface area contributed by atoms with Gasteiger partial charge < -0.3 is 15.0 Å². The van der Waals surface area contributed by atoms with E-state index in [1.807, 2.05) is 30.3 Å². The molecule has 1 saturated heterocycles. The average molecular weight is 343 g/mol. The summed E-state index contributed by atoms with van der Waals surface area (Å²) in [6, 6.07) is 14.8. The molecule has 1 fully saturated rings. The van der Waals surface area contributed by atoms with Crippen molar-refractivity contribution in [3.05, 3.63) is 58.6 Å². The number of hydrogen-bond donors (Lipinski definition) is 1. The molecule has 2 aliphatic heterocycles. The molecule has 0 radical (unpaired) electrons. The summed E-state index contributed by atoms with van der Waals surface area (Å²) < 4.78 is 6.09. The van der Waals surface area contributed by atoms with Crippen molar-refractivity contribution in [2.45, 2.75) is 31.8 Å². The van der Waals surface area contributed by atoms with Crippen LogP contribution in [-0.4, -0.2) is 30.6 Å². The van der Waals surface area contributed by atoms with E-state index in [0.29, 0.717) is 6.04 Å². The van der Waals surface area contributed by atoms with Gasteiger partial charge in [0.2, 0.25) is 0 Å². The molecule has 2 aromatic rings. The first-order valence-electron chi connectivity index (χ1n) is 8.79. The SMILES string of the molecule is CCN1CCCC(NC2c3ccccc3Oc3ccc(Cl)cc32)C1. The summed E-state index contributed by atoms with van der Waals surface area (Å²) in [6.07, 6.45) is 2.46. The number of benzene rings is 2. The molecule has 4 heteroatoms. The highest BCUT2D eigenvalue weighted by molar-refractivity contribution is 6.30. The van der Waals surface area contributed by atoms with Crippen LogP contribution in [0.1, 0.15) is 36.9 Å². The number of likely N-dealkylation sites (N-methyl/N-ethyl adjacent to an activating group) is 1. The molecule has 1 N–H and O–H groups in total. The molecule has 126 valence electrons. The zero-order valence-electron chi connectivity index (χ0n) is 14.0. The lowest BCUT2D eigenvalue weighted by Crippen LogP contribution is -2.47. The fourth-order valence-electron chi connectivity index (χ4n) is 3.83. The van der Waals surface area contributed by atoms with Crippen LogP contribution in [0.3, 0.4) is 0 Å². The summed E-state index contributed by atoms with van der Waals surface area (Å²) in [4.78, 5) is 2.52. The van der Waals surface area contributed by atoms with Crippen molar-refractivity contribution < 1.29 is 4.74 Å². The van der Waals surface area contributed by atoms with E-state index in [9.17, 15) is 0 Å². The minimum absolute atomic E-state index is 0.130. The molecule has 2 atom stereocenters. The molecule has 0 aliphatic carbocycles. The van der Waals surface area contributed by atoms with Gasteiger partial charge in [0.05, 0.1) is 6.04 Å². The van der Waals surface area contributed by atoms with Gasteiger partial charge in [0, 0.05) is 28.7 Å². The van der Waals surface area contributed by atoms with E-state index >= 15 is 0 Å². The Morgan fingerprint density at radius 2 is 2.00 bits per heavy atom. The highest BCUT2D eigenvalue weighted by atomic mass is 35.5. The van der Waals surface area contributed by atoms with Crippen LogP contribution in [-0.2, 0) is 0 Å². The number of ether oxygens (including phenoxy) is 1. The van der Waals surface area contributed by atoms with Gasteiger partial charge in [-0.2, -0.15) is 0 Å². The van der Waals surface area contributed by atoms with Crippen LogP contribution in [0.15, 0.2) is 42.5 Å². The van der Waals surface area contributed by atoms with Gasteiger partial charge >= 0.3 is 0 Å². The Morgan fingerprint density at radius 1 is 1.17 bits per heavy atom. The van der Waals surface area contributed by atoms with Crippen molar-refractivity contribution in [2.75, 3.05) is 19.6 Å².